The quantitative estimate of drug-likeness (QED) is 0.879. The highest BCUT2D eigenvalue weighted by Crippen LogP contribution is 2.27. The maximum Gasteiger partial charge on any atom is 0.374 e. The molecular weight excluding hydrogens is 233 g/mol. The maximum absolute atomic E-state index is 13.0. The number of benzene rings is 1. The first kappa shape index (κ1) is 11.8. The van der Waals surface area contributed by atoms with Crippen molar-refractivity contribution in [2.24, 2.45) is 0 Å². The van der Waals surface area contributed by atoms with Crippen LogP contribution in [0.15, 0.2) is 18.2 Å². The Morgan fingerprint density at radius 3 is 2.53 bits per heavy atom. The lowest BCUT2D eigenvalue weighted by molar-refractivity contribution is -0.164. The molecule has 15 heavy (non-hydrogen) atoms. The van der Waals surface area contributed by atoms with E-state index in [9.17, 15) is 18.0 Å². The van der Waals surface area contributed by atoms with E-state index in [2.05, 4.69) is 0 Å². The van der Waals surface area contributed by atoms with Crippen molar-refractivity contribution in [3.63, 3.8) is 0 Å². The number of rotatable bonds is 3. The Kier molecular flexibility index (Phi) is 3.24. The summed E-state index contributed by atoms with van der Waals surface area (Å²) in [6, 6.07) is 3.41. The van der Waals surface area contributed by atoms with Gasteiger partial charge in [0, 0.05) is 10.6 Å². The molecular formula is C9H6ClF3O2. The fourth-order valence-corrected chi connectivity index (χ4v) is 1.23. The van der Waals surface area contributed by atoms with Crippen LogP contribution < -0.4 is 0 Å². The molecule has 1 N–H and O–H groups in total. The summed E-state index contributed by atoms with van der Waals surface area (Å²) < 4.78 is 38.6. The van der Waals surface area contributed by atoms with Crippen molar-refractivity contribution in [3.05, 3.63) is 34.6 Å². The van der Waals surface area contributed by atoms with Crippen LogP contribution in [0.1, 0.15) is 5.56 Å². The Balaban J connectivity index is 3.04. The van der Waals surface area contributed by atoms with Gasteiger partial charge in [-0.2, -0.15) is 8.78 Å². The fourth-order valence-electron chi connectivity index (χ4n) is 0.999. The predicted octanol–water partition coefficient (Wildman–Crippen LogP) is 2.74. The van der Waals surface area contributed by atoms with Gasteiger partial charge in [0.15, 0.2) is 0 Å². The smallest absolute Gasteiger partial charge is 0.374 e. The average Bonchev–Trinajstić information content (AvgIpc) is 2.11. The monoisotopic (exact) mass is 238 g/mol. The van der Waals surface area contributed by atoms with E-state index in [0.717, 1.165) is 6.07 Å². The van der Waals surface area contributed by atoms with E-state index < -0.39 is 29.7 Å². The highest BCUT2D eigenvalue weighted by molar-refractivity contribution is 6.31. The molecule has 82 valence electrons. The molecule has 0 aliphatic carbocycles. The van der Waals surface area contributed by atoms with E-state index in [1.54, 1.807) is 0 Å². The second kappa shape index (κ2) is 4.10. The van der Waals surface area contributed by atoms with Gasteiger partial charge in [-0.15, -0.1) is 0 Å². The summed E-state index contributed by atoms with van der Waals surface area (Å²) in [6.07, 6.45) is -1.26. The largest absolute Gasteiger partial charge is 0.477 e. The molecule has 0 fully saturated rings. The lowest BCUT2D eigenvalue weighted by Crippen LogP contribution is -2.31. The lowest BCUT2D eigenvalue weighted by atomic mass is 10.1. The van der Waals surface area contributed by atoms with Gasteiger partial charge in [0.05, 0.1) is 6.42 Å². The maximum atomic E-state index is 13.0. The van der Waals surface area contributed by atoms with Crippen LogP contribution in [-0.4, -0.2) is 17.0 Å². The lowest BCUT2D eigenvalue weighted by Gasteiger charge is -2.12. The van der Waals surface area contributed by atoms with Crippen molar-refractivity contribution in [1.29, 1.82) is 0 Å². The van der Waals surface area contributed by atoms with Crippen molar-refractivity contribution in [2.75, 3.05) is 0 Å². The van der Waals surface area contributed by atoms with Crippen molar-refractivity contribution in [3.8, 4) is 0 Å². The number of hydrogen-bond acceptors (Lipinski definition) is 1. The van der Waals surface area contributed by atoms with Gasteiger partial charge in [0.2, 0.25) is 0 Å². The molecule has 0 unspecified atom stereocenters. The minimum atomic E-state index is -4.02. The SMILES string of the molecule is O=C(O)C(F)(F)Cc1c(F)cccc1Cl. The summed E-state index contributed by atoms with van der Waals surface area (Å²) in [6.45, 7) is 0. The molecule has 0 aromatic heterocycles. The number of carbonyl (C=O) groups is 1. The molecule has 0 aliphatic heterocycles. The third-order valence-corrected chi connectivity index (χ3v) is 2.13. The molecule has 0 aliphatic rings. The normalized spacial score (nSPS) is 11.5. The molecule has 0 atom stereocenters. The Morgan fingerprint density at radius 1 is 1.47 bits per heavy atom. The number of hydrogen-bond donors (Lipinski definition) is 1. The van der Waals surface area contributed by atoms with Crippen LogP contribution in [-0.2, 0) is 11.2 Å². The number of aliphatic carboxylic acids is 1. The summed E-state index contributed by atoms with van der Waals surface area (Å²) in [5.41, 5.74) is -0.494. The average molecular weight is 239 g/mol. The first-order valence-electron chi connectivity index (χ1n) is 3.88. The van der Waals surface area contributed by atoms with Crippen molar-refractivity contribution in [2.45, 2.75) is 12.3 Å². The zero-order valence-corrected chi connectivity index (χ0v) is 8.06. The standard InChI is InChI=1S/C9H6ClF3O2/c10-6-2-1-3-7(11)5(6)4-9(12,13)8(14)15/h1-3H,4H2,(H,14,15). The molecule has 0 heterocycles. The van der Waals surface area contributed by atoms with E-state index in [-0.39, 0.29) is 5.02 Å². The Hall–Kier alpha value is -1.23. The fraction of sp³-hybridized carbons (Fsp3) is 0.222. The minimum absolute atomic E-state index is 0.212. The third kappa shape index (κ3) is 2.62. The van der Waals surface area contributed by atoms with Crippen LogP contribution in [0.3, 0.4) is 0 Å². The number of halogens is 4. The van der Waals surface area contributed by atoms with Crippen molar-refractivity contribution in [1.82, 2.24) is 0 Å². The predicted molar refractivity (Wildman–Crippen MR) is 47.7 cm³/mol. The second-order valence-corrected chi connectivity index (χ2v) is 3.29. The van der Waals surface area contributed by atoms with Gasteiger partial charge in [-0.05, 0) is 12.1 Å². The minimum Gasteiger partial charge on any atom is -0.477 e. The number of carboxylic acids is 1. The van der Waals surface area contributed by atoms with Crippen LogP contribution in [0.5, 0.6) is 0 Å². The first-order valence-corrected chi connectivity index (χ1v) is 4.26. The van der Waals surface area contributed by atoms with E-state index in [4.69, 9.17) is 16.7 Å². The highest BCUT2D eigenvalue weighted by atomic mass is 35.5. The van der Waals surface area contributed by atoms with Gasteiger partial charge in [0.1, 0.15) is 5.82 Å². The summed E-state index contributed by atoms with van der Waals surface area (Å²) in [5.74, 6) is -7.27. The third-order valence-electron chi connectivity index (χ3n) is 1.77. The van der Waals surface area contributed by atoms with Crippen LogP contribution in [0.4, 0.5) is 13.2 Å². The van der Waals surface area contributed by atoms with Crippen molar-refractivity contribution < 1.29 is 23.1 Å². The summed E-state index contributed by atoms with van der Waals surface area (Å²) in [4.78, 5) is 10.1. The van der Waals surface area contributed by atoms with Crippen LogP contribution in [0, 0.1) is 5.82 Å². The molecule has 0 bridgehead atoms. The van der Waals surface area contributed by atoms with Crippen LogP contribution >= 0.6 is 11.6 Å². The molecule has 1 rings (SSSR count). The summed E-state index contributed by atoms with van der Waals surface area (Å²) >= 11 is 5.47. The molecule has 6 heteroatoms. The molecule has 0 spiro atoms. The molecule has 2 nitrogen and oxygen atoms in total. The Labute approximate surface area is 88.3 Å². The topological polar surface area (TPSA) is 37.3 Å². The van der Waals surface area contributed by atoms with Gasteiger partial charge >= 0.3 is 11.9 Å². The molecule has 0 saturated heterocycles. The van der Waals surface area contributed by atoms with Gasteiger partial charge in [0.25, 0.3) is 0 Å². The Morgan fingerprint density at radius 2 is 2.07 bits per heavy atom. The highest BCUT2D eigenvalue weighted by Gasteiger charge is 2.40. The molecule has 0 amide bonds. The molecule has 0 saturated carbocycles. The first-order chi connectivity index (χ1) is 6.84. The van der Waals surface area contributed by atoms with Gasteiger partial charge in [-0.1, -0.05) is 17.7 Å². The van der Waals surface area contributed by atoms with E-state index in [0.29, 0.717) is 0 Å². The van der Waals surface area contributed by atoms with Gasteiger partial charge in [-0.3, -0.25) is 0 Å². The zero-order valence-electron chi connectivity index (χ0n) is 7.31. The second-order valence-electron chi connectivity index (χ2n) is 2.89. The number of carboxylic acid groups (broad SMARTS) is 1. The zero-order chi connectivity index (χ0) is 11.6. The Bertz CT molecular complexity index is 373. The molecule has 1 aromatic carbocycles. The van der Waals surface area contributed by atoms with E-state index in [1.807, 2.05) is 0 Å². The van der Waals surface area contributed by atoms with Gasteiger partial charge < -0.3 is 5.11 Å². The molecule has 0 radical (unpaired) electrons. The summed E-state index contributed by atoms with van der Waals surface area (Å²) in [7, 11) is 0. The van der Waals surface area contributed by atoms with E-state index in [1.165, 1.54) is 12.1 Å². The van der Waals surface area contributed by atoms with E-state index >= 15 is 0 Å². The van der Waals surface area contributed by atoms with Crippen LogP contribution in [0.2, 0.25) is 5.02 Å². The summed E-state index contributed by atoms with van der Waals surface area (Å²) in [5, 5.41) is 7.96. The van der Waals surface area contributed by atoms with Crippen molar-refractivity contribution >= 4 is 17.6 Å². The van der Waals surface area contributed by atoms with Crippen LogP contribution in [0.25, 0.3) is 0 Å². The van der Waals surface area contributed by atoms with Gasteiger partial charge in [-0.25, -0.2) is 9.18 Å². The number of alkyl halides is 2. The molecule has 1 aromatic rings.